The number of aliphatic hydroxyl groups excluding tert-OH is 1. The van der Waals surface area contributed by atoms with E-state index in [2.05, 4.69) is 15.6 Å². The summed E-state index contributed by atoms with van der Waals surface area (Å²) in [5.41, 5.74) is 18.8. The highest BCUT2D eigenvalue weighted by Gasteiger charge is 2.31. The van der Waals surface area contributed by atoms with Gasteiger partial charge in [0.05, 0.1) is 12.3 Å². The Morgan fingerprint density at radius 2 is 1.92 bits per heavy atom. The molecule has 0 unspecified atom stereocenters. The Kier molecular flexibility index (Phi) is 6.38. The number of anilines is 1. The van der Waals surface area contributed by atoms with Gasteiger partial charge < -0.3 is 30.6 Å². The summed E-state index contributed by atoms with van der Waals surface area (Å²) >= 11 is 0. The van der Waals surface area contributed by atoms with Gasteiger partial charge in [-0.05, 0) is 79.8 Å². The van der Waals surface area contributed by atoms with E-state index in [1.54, 1.807) is 30.3 Å². The highest BCUT2D eigenvalue weighted by Crippen LogP contribution is 2.36. The Labute approximate surface area is 227 Å². The van der Waals surface area contributed by atoms with E-state index in [4.69, 9.17) is 11.5 Å². The minimum absolute atomic E-state index is 0.0546. The van der Waals surface area contributed by atoms with Gasteiger partial charge in [-0.1, -0.05) is 12.1 Å². The van der Waals surface area contributed by atoms with Crippen LogP contribution in [0.15, 0.2) is 58.1 Å². The highest BCUT2D eigenvalue weighted by molar-refractivity contribution is 6.07. The van der Waals surface area contributed by atoms with Crippen molar-refractivity contribution >= 4 is 23.1 Å². The number of rotatable bonds is 6. The van der Waals surface area contributed by atoms with Crippen LogP contribution in [-0.4, -0.2) is 32.5 Å². The van der Waals surface area contributed by atoms with Crippen molar-refractivity contribution in [2.75, 3.05) is 11.4 Å². The molecule has 2 aromatic heterocycles. The zero-order valence-electron chi connectivity index (χ0n) is 22.2. The van der Waals surface area contributed by atoms with E-state index in [0.717, 1.165) is 56.3 Å². The second-order valence-electron chi connectivity index (χ2n) is 10.8. The number of benzene rings is 1. The van der Waals surface area contributed by atoms with E-state index in [1.807, 2.05) is 18.2 Å². The van der Waals surface area contributed by atoms with Crippen LogP contribution in [0.25, 0.3) is 11.1 Å². The molecule has 0 atom stereocenters. The zero-order valence-corrected chi connectivity index (χ0v) is 22.2. The lowest BCUT2D eigenvalue weighted by atomic mass is 9.98. The van der Waals surface area contributed by atoms with Crippen LogP contribution >= 0.6 is 0 Å². The quantitative estimate of drug-likeness (QED) is 0.335. The molecule has 1 aliphatic heterocycles. The van der Waals surface area contributed by atoms with E-state index in [-0.39, 0.29) is 29.6 Å². The highest BCUT2D eigenvalue weighted by atomic mass is 16.3. The fraction of sp³-hybridized carbons (Fsp3) is 0.367. The molecule has 1 fully saturated rings. The number of carbonyl (C=O) groups excluding carboxylic acids is 1. The van der Waals surface area contributed by atoms with Gasteiger partial charge in [-0.2, -0.15) is 0 Å². The molecule has 1 saturated carbocycles. The summed E-state index contributed by atoms with van der Waals surface area (Å²) in [5.74, 6) is 0.462. The molecule has 3 aromatic rings. The van der Waals surface area contributed by atoms with Crippen molar-refractivity contribution in [1.82, 2.24) is 9.13 Å². The monoisotopic (exact) mass is 526 g/mol. The van der Waals surface area contributed by atoms with Crippen LogP contribution in [0, 0.1) is 5.92 Å². The van der Waals surface area contributed by atoms with Gasteiger partial charge >= 0.3 is 0 Å². The van der Waals surface area contributed by atoms with Crippen LogP contribution in [0.5, 0.6) is 0 Å². The molecule has 9 nitrogen and oxygen atoms in total. The maximum atomic E-state index is 13.7. The third kappa shape index (κ3) is 4.57. The lowest BCUT2D eigenvalue weighted by molar-refractivity contribution is 0.0964. The van der Waals surface area contributed by atoms with Crippen LogP contribution in [0.1, 0.15) is 53.0 Å². The van der Waals surface area contributed by atoms with Crippen molar-refractivity contribution in [1.29, 1.82) is 0 Å². The summed E-state index contributed by atoms with van der Waals surface area (Å²) in [6.45, 7) is 0.982. The van der Waals surface area contributed by atoms with Crippen molar-refractivity contribution in [2.24, 2.45) is 29.4 Å². The maximum Gasteiger partial charge on any atom is 0.276 e. The molecule has 3 aliphatic rings. The van der Waals surface area contributed by atoms with Crippen molar-refractivity contribution < 1.29 is 9.90 Å². The first-order chi connectivity index (χ1) is 18.9. The SMILES string of the molecule is Cn1cc(-c2cccc(N3CCn4c(cc5c4CCCC5)C3=O)c2CO)cc(N=C(N)/C=C(\N)C2CC2)c1=O. The Bertz CT molecular complexity index is 1590. The Morgan fingerprint density at radius 1 is 1.13 bits per heavy atom. The number of nitrogens with zero attached hydrogens (tertiary/aromatic N) is 4. The summed E-state index contributed by atoms with van der Waals surface area (Å²) in [7, 11) is 1.65. The average molecular weight is 527 g/mol. The molecule has 0 radical (unpaired) electrons. The number of aliphatic imine (C=N–C) groups is 1. The number of aliphatic hydroxyl groups is 1. The number of aryl methyl sites for hydroxylation is 2. The molecule has 5 N–H and O–H groups in total. The zero-order chi connectivity index (χ0) is 27.3. The van der Waals surface area contributed by atoms with Gasteiger partial charge in [0.25, 0.3) is 11.5 Å². The van der Waals surface area contributed by atoms with Crippen LogP contribution in [0.3, 0.4) is 0 Å². The average Bonchev–Trinajstić information content (AvgIpc) is 3.72. The van der Waals surface area contributed by atoms with Crippen molar-refractivity contribution in [3.63, 3.8) is 0 Å². The summed E-state index contributed by atoms with van der Waals surface area (Å²) in [5, 5.41) is 10.5. The van der Waals surface area contributed by atoms with Crippen molar-refractivity contribution in [2.45, 2.75) is 51.7 Å². The Balaban J connectivity index is 1.38. The van der Waals surface area contributed by atoms with Crippen LogP contribution in [0.2, 0.25) is 0 Å². The third-order valence-corrected chi connectivity index (χ3v) is 8.11. The number of aromatic nitrogens is 2. The molecule has 0 saturated heterocycles. The van der Waals surface area contributed by atoms with Gasteiger partial charge in [0.2, 0.25) is 0 Å². The first-order valence-corrected chi connectivity index (χ1v) is 13.6. The number of amides is 1. The summed E-state index contributed by atoms with van der Waals surface area (Å²) in [6.07, 6.45) is 9.78. The number of nitrogens with two attached hydrogens (primary N) is 2. The number of pyridine rings is 1. The summed E-state index contributed by atoms with van der Waals surface area (Å²) in [6, 6.07) is 9.35. The molecular formula is C30H34N6O3. The predicted octanol–water partition coefficient (Wildman–Crippen LogP) is 3.13. The Morgan fingerprint density at radius 3 is 2.69 bits per heavy atom. The largest absolute Gasteiger partial charge is 0.402 e. The smallest absolute Gasteiger partial charge is 0.276 e. The van der Waals surface area contributed by atoms with Gasteiger partial charge in [0, 0.05) is 48.9 Å². The fourth-order valence-electron chi connectivity index (χ4n) is 5.93. The lowest BCUT2D eigenvalue weighted by Gasteiger charge is -2.31. The van der Waals surface area contributed by atoms with Gasteiger partial charge in [0.1, 0.15) is 17.2 Å². The molecule has 202 valence electrons. The normalized spacial score (nSPS) is 17.8. The molecule has 0 spiro atoms. The number of allylic oxidation sites excluding steroid dienone is 1. The number of carbonyl (C=O) groups is 1. The molecular weight excluding hydrogens is 492 g/mol. The molecule has 0 bridgehead atoms. The fourth-order valence-corrected chi connectivity index (χ4v) is 5.93. The number of amidine groups is 1. The molecule has 39 heavy (non-hydrogen) atoms. The van der Waals surface area contributed by atoms with Crippen molar-refractivity contribution in [3.8, 4) is 11.1 Å². The van der Waals surface area contributed by atoms with E-state index < -0.39 is 0 Å². The molecule has 3 heterocycles. The first-order valence-electron chi connectivity index (χ1n) is 13.6. The van der Waals surface area contributed by atoms with E-state index in [9.17, 15) is 14.7 Å². The first kappa shape index (κ1) is 25.2. The minimum atomic E-state index is -0.294. The second kappa shape index (κ2) is 9.89. The standard InChI is InChI=1S/C30H34N6O3/c1-34-16-20(13-24(29(34)38)33-28(32)15-23(31)18-9-10-18)21-6-4-8-26(22(21)17-37)36-12-11-35-25-7-3-2-5-19(25)14-27(35)30(36)39/h4,6,8,13-16,18,37H,2-3,5,7,9-12,17,31H2,1H3,(H2,32,33)/b23-15-. The number of fused-ring (bicyclic) bond motifs is 3. The van der Waals surface area contributed by atoms with E-state index >= 15 is 0 Å². The van der Waals surface area contributed by atoms with Crippen LogP contribution in [-0.2, 0) is 33.0 Å². The van der Waals surface area contributed by atoms with Gasteiger partial charge in [-0.25, -0.2) is 4.99 Å². The van der Waals surface area contributed by atoms with E-state index in [1.165, 1.54) is 15.8 Å². The van der Waals surface area contributed by atoms with Gasteiger partial charge in [-0.3, -0.25) is 9.59 Å². The predicted molar refractivity (Wildman–Crippen MR) is 152 cm³/mol. The molecule has 1 aromatic carbocycles. The third-order valence-electron chi connectivity index (χ3n) is 8.11. The Hall–Kier alpha value is -4.11. The van der Waals surface area contributed by atoms with Gasteiger partial charge in [-0.15, -0.1) is 0 Å². The molecule has 6 rings (SSSR count). The van der Waals surface area contributed by atoms with E-state index in [0.29, 0.717) is 35.0 Å². The maximum absolute atomic E-state index is 13.7. The van der Waals surface area contributed by atoms with Crippen LogP contribution < -0.4 is 21.9 Å². The van der Waals surface area contributed by atoms with Crippen molar-refractivity contribution in [3.05, 3.63) is 81.2 Å². The topological polar surface area (TPSA) is 132 Å². The second-order valence-corrected chi connectivity index (χ2v) is 10.8. The lowest BCUT2D eigenvalue weighted by Crippen LogP contribution is -2.41. The summed E-state index contributed by atoms with van der Waals surface area (Å²) < 4.78 is 3.63. The molecule has 9 heteroatoms. The summed E-state index contributed by atoms with van der Waals surface area (Å²) in [4.78, 5) is 32.7. The van der Waals surface area contributed by atoms with Gasteiger partial charge in [0.15, 0.2) is 0 Å². The number of hydrogen-bond donors (Lipinski definition) is 3. The molecule has 2 aliphatic carbocycles. The van der Waals surface area contributed by atoms with Crippen LogP contribution in [0.4, 0.5) is 11.4 Å². The molecule has 1 amide bonds. The minimum Gasteiger partial charge on any atom is -0.402 e. The number of hydrogen-bond acceptors (Lipinski definition) is 5.